The van der Waals surface area contributed by atoms with Crippen LogP contribution in [0.1, 0.15) is 26.1 Å². The highest BCUT2D eigenvalue weighted by Gasteiger charge is 2.20. The fourth-order valence-electron chi connectivity index (χ4n) is 1.69. The molecule has 1 heterocycles. The molecule has 1 unspecified atom stereocenters. The molecule has 8 nitrogen and oxygen atoms in total. The van der Waals surface area contributed by atoms with Gasteiger partial charge in [0.1, 0.15) is 12.4 Å². The monoisotopic (exact) mass is 283 g/mol. The van der Waals surface area contributed by atoms with Gasteiger partial charge in [-0.25, -0.2) is 14.6 Å². The first-order valence-corrected chi connectivity index (χ1v) is 6.50. The molecule has 0 fully saturated rings. The third-order valence-electron chi connectivity index (χ3n) is 2.59. The molecule has 0 spiro atoms. The Labute approximate surface area is 117 Å². The zero-order valence-corrected chi connectivity index (χ0v) is 12.0. The van der Waals surface area contributed by atoms with Gasteiger partial charge in [0, 0.05) is 20.0 Å². The third kappa shape index (κ3) is 5.68. The number of carbonyl (C=O) groups is 2. The number of aliphatic carboxylic acids is 1. The molecule has 20 heavy (non-hydrogen) atoms. The number of carboxylic acids is 1. The van der Waals surface area contributed by atoms with Gasteiger partial charge in [-0.2, -0.15) is 5.10 Å². The smallest absolute Gasteiger partial charge is 0.326 e. The summed E-state index contributed by atoms with van der Waals surface area (Å²) in [6, 6.07) is -1.36. The van der Waals surface area contributed by atoms with Gasteiger partial charge >= 0.3 is 12.0 Å². The van der Waals surface area contributed by atoms with Crippen LogP contribution in [0.15, 0.2) is 6.33 Å². The van der Waals surface area contributed by atoms with Crippen LogP contribution in [0.2, 0.25) is 0 Å². The fraction of sp³-hybridized carbons (Fsp3) is 0.667. The predicted octanol–water partition coefficient (Wildman–Crippen LogP) is 0.156. The summed E-state index contributed by atoms with van der Waals surface area (Å²) in [5.41, 5.74) is 0. The molecule has 0 aliphatic rings. The first kappa shape index (κ1) is 15.9. The molecule has 0 aliphatic heterocycles. The van der Waals surface area contributed by atoms with E-state index in [2.05, 4.69) is 20.7 Å². The highest BCUT2D eigenvalue weighted by Crippen LogP contribution is 2.04. The lowest BCUT2D eigenvalue weighted by Gasteiger charge is -2.16. The van der Waals surface area contributed by atoms with E-state index in [1.165, 1.54) is 0 Å². The Morgan fingerprint density at radius 3 is 2.65 bits per heavy atom. The van der Waals surface area contributed by atoms with Gasteiger partial charge in [0.15, 0.2) is 5.82 Å². The zero-order valence-electron chi connectivity index (χ0n) is 12.0. The number of aromatic nitrogens is 3. The van der Waals surface area contributed by atoms with E-state index in [9.17, 15) is 9.59 Å². The number of aryl methyl sites for hydroxylation is 1. The second-order valence-corrected chi connectivity index (χ2v) is 5.01. The van der Waals surface area contributed by atoms with Crippen LogP contribution in [0.4, 0.5) is 4.79 Å². The van der Waals surface area contributed by atoms with E-state index >= 15 is 0 Å². The Hall–Kier alpha value is -2.12. The lowest BCUT2D eigenvalue weighted by Crippen LogP contribution is -2.47. The van der Waals surface area contributed by atoms with E-state index in [4.69, 9.17) is 5.11 Å². The number of hydrogen-bond donors (Lipinski definition) is 3. The fourth-order valence-corrected chi connectivity index (χ4v) is 1.69. The second kappa shape index (κ2) is 7.46. The lowest BCUT2D eigenvalue weighted by atomic mass is 10.0. The number of carboxylic acid groups (broad SMARTS) is 1. The number of urea groups is 1. The molecular weight excluding hydrogens is 262 g/mol. The minimum absolute atomic E-state index is 0.189. The van der Waals surface area contributed by atoms with Crippen LogP contribution in [0.3, 0.4) is 0 Å². The van der Waals surface area contributed by atoms with Crippen molar-refractivity contribution in [3.8, 4) is 0 Å². The zero-order chi connectivity index (χ0) is 15.1. The van der Waals surface area contributed by atoms with Crippen molar-refractivity contribution in [1.29, 1.82) is 0 Å². The van der Waals surface area contributed by atoms with Gasteiger partial charge in [0.05, 0.1) is 0 Å². The van der Waals surface area contributed by atoms with Gasteiger partial charge in [-0.05, 0) is 12.3 Å². The molecule has 0 saturated carbocycles. The van der Waals surface area contributed by atoms with Crippen LogP contribution in [-0.2, 0) is 18.3 Å². The number of rotatable bonds is 7. The number of amides is 2. The molecule has 2 amide bonds. The highest BCUT2D eigenvalue weighted by molar-refractivity contribution is 5.82. The van der Waals surface area contributed by atoms with Crippen LogP contribution >= 0.6 is 0 Å². The van der Waals surface area contributed by atoms with Crippen molar-refractivity contribution in [3.63, 3.8) is 0 Å². The van der Waals surface area contributed by atoms with Crippen LogP contribution < -0.4 is 10.6 Å². The summed E-state index contributed by atoms with van der Waals surface area (Å²) >= 11 is 0. The van der Waals surface area contributed by atoms with Crippen molar-refractivity contribution in [2.24, 2.45) is 13.0 Å². The number of nitrogens with one attached hydrogen (secondary N) is 2. The molecule has 1 rings (SSSR count). The van der Waals surface area contributed by atoms with E-state index in [0.29, 0.717) is 25.2 Å². The lowest BCUT2D eigenvalue weighted by molar-refractivity contribution is -0.139. The summed E-state index contributed by atoms with van der Waals surface area (Å²) in [6.07, 6.45) is 2.47. The van der Waals surface area contributed by atoms with Crippen LogP contribution in [0.25, 0.3) is 0 Å². The first-order chi connectivity index (χ1) is 9.38. The summed E-state index contributed by atoms with van der Waals surface area (Å²) in [5.74, 6) is -0.209. The normalized spacial score (nSPS) is 12.2. The number of nitrogens with zero attached hydrogens (tertiary/aromatic N) is 3. The SMILES string of the molecule is CC(C)CC(NC(=O)NCCc1ncn(C)n1)C(=O)O. The third-order valence-corrected chi connectivity index (χ3v) is 2.59. The molecule has 1 aromatic rings. The summed E-state index contributed by atoms with van der Waals surface area (Å²) in [7, 11) is 1.76. The van der Waals surface area contributed by atoms with Crippen molar-refractivity contribution in [3.05, 3.63) is 12.2 Å². The topological polar surface area (TPSA) is 109 Å². The Morgan fingerprint density at radius 1 is 1.45 bits per heavy atom. The summed E-state index contributed by atoms with van der Waals surface area (Å²) in [6.45, 7) is 4.16. The molecule has 0 bridgehead atoms. The van der Waals surface area contributed by atoms with E-state index in [1.54, 1.807) is 18.1 Å². The molecule has 0 radical (unpaired) electrons. The van der Waals surface area contributed by atoms with Crippen LogP contribution in [0.5, 0.6) is 0 Å². The number of carbonyl (C=O) groups excluding carboxylic acids is 1. The van der Waals surface area contributed by atoms with Crippen molar-refractivity contribution < 1.29 is 14.7 Å². The molecule has 0 aromatic carbocycles. The molecule has 112 valence electrons. The van der Waals surface area contributed by atoms with E-state index < -0.39 is 18.0 Å². The Kier molecular flexibility index (Phi) is 5.95. The molecule has 1 atom stereocenters. The maximum Gasteiger partial charge on any atom is 0.326 e. The Morgan fingerprint density at radius 2 is 2.15 bits per heavy atom. The number of hydrogen-bond acceptors (Lipinski definition) is 4. The van der Waals surface area contributed by atoms with Crippen molar-refractivity contribution in [1.82, 2.24) is 25.4 Å². The standard InChI is InChI=1S/C12H21N5O3/c1-8(2)6-9(11(18)19)15-12(20)13-5-4-10-14-7-17(3)16-10/h7-9H,4-6H2,1-3H3,(H,18,19)(H2,13,15,20). The molecule has 8 heteroatoms. The van der Waals surface area contributed by atoms with Crippen LogP contribution in [-0.4, -0.2) is 44.5 Å². The summed E-state index contributed by atoms with van der Waals surface area (Å²) in [4.78, 5) is 26.6. The van der Waals surface area contributed by atoms with Crippen molar-refractivity contribution in [2.75, 3.05) is 6.54 Å². The molecule has 0 saturated heterocycles. The van der Waals surface area contributed by atoms with E-state index in [-0.39, 0.29) is 5.92 Å². The summed E-state index contributed by atoms with van der Waals surface area (Å²) < 4.78 is 1.58. The van der Waals surface area contributed by atoms with Gasteiger partial charge in [0.25, 0.3) is 0 Å². The Balaban J connectivity index is 2.32. The maximum absolute atomic E-state index is 11.6. The average molecular weight is 283 g/mol. The minimum atomic E-state index is -1.03. The average Bonchev–Trinajstić information content (AvgIpc) is 2.73. The molecule has 3 N–H and O–H groups in total. The predicted molar refractivity (Wildman–Crippen MR) is 72.1 cm³/mol. The van der Waals surface area contributed by atoms with Gasteiger partial charge in [-0.3, -0.25) is 4.68 Å². The van der Waals surface area contributed by atoms with Gasteiger partial charge < -0.3 is 15.7 Å². The van der Waals surface area contributed by atoms with E-state index in [1.807, 2.05) is 13.8 Å². The van der Waals surface area contributed by atoms with Crippen LogP contribution in [0, 0.1) is 5.92 Å². The molecule has 0 aliphatic carbocycles. The van der Waals surface area contributed by atoms with Gasteiger partial charge in [-0.1, -0.05) is 13.8 Å². The quantitative estimate of drug-likeness (QED) is 0.660. The molecule has 1 aromatic heterocycles. The minimum Gasteiger partial charge on any atom is -0.480 e. The first-order valence-electron chi connectivity index (χ1n) is 6.50. The van der Waals surface area contributed by atoms with Gasteiger partial charge in [0.2, 0.25) is 0 Å². The maximum atomic E-state index is 11.6. The van der Waals surface area contributed by atoms with Crippen molar-refractivity contribution >= 4 is 12.0 Å². The van der Waals surface area contributed by atoms with Gasteiger partial charge in [-0.15, -0.1) is 0 Å². The second-order valence-electron chi connectivity index (χ2n) is 5.01. The van der Waals surface area contributed by atoms with E-state index in [0.717, 1.165) is 0 Å². The highest BCUT2D eigenvalue weighted by atomic mass is 16.4. The Bertz CT molecular complexity index is 458. The molecular formula is C12H21N5O3. The summed E-state index contributed by atoms with van der Waals surface area (Å²) in [5, 5.41) is 18.1. The largest absolute Gasteiger partial charge is 0.480 e. The van der Waals surface area contributed by atoms with Crippen molar-refractivity contribution in [2.45, 2.75) is 32.7 Å².